The van der Waals surface area contributed by atoms with Crippen LogP contribution in [-0.4, -0.2) is 5.11 Å². The van der Waals surface area contributed by atoms with Gasteiger partial charge in [0.2, 0.25) is 0 Å². The molecule has 0 fully saturated rings. The van der Waals surface area contributed by atoms with Crippen molar-refractivity contribution in [1.82, 2.24) is 0 Å². The highest BCUT2D eigenvalue weighted by Crippen LogP contribution is 2.27. The molecule has 0 bridgehead atoms. The molecule has 106 valence electrons. The van der Waals surface area contributed by atoms with Crippen molar-refractivity contribution in [3.05, 3.63) is 64.2 Å². The summed E-state index contributed by atoms with van der Waals surface area (Å²) >= 11 is 5.59. The van der Waals surface area contributed by atoms with Gasteiger partial charge in [-0.15, -0.1) is 0 Å². The summed E-state index contributed by atoms with van der Waals surface area (Å²) in [7, 11) is 0. The first-order chi connectivity index (χ1) is 9.47. The fourth-order valence-electron chi connectivity index (χ4n) is 1.77. The maximum Gasteiger partial charge on any atom is 0.142 e. The molecular formula is C15H13ClF2O2. The summed E-state index contributed by atoms with van der Waals surface area (Å²) in [6.07, 6.45) is -0.859. The Kier molecular flexibility index (Phi) is 4.57. The second-order valence-corrected chi connectivity index (χ2v) is 4.80. The van der Waals surface area contributed by atoms with E-state index in [0.717, 1.165) is 0 Å². The van der Waals surface area contributed by atoms with Gasteiger partial charge in [0.15, 0.2) is 0 Å². The number of ether oxygens (including phenoxy) is 1. The molecule has 0 spiro atoms. The highest BCUT2D eigenvalue weighted by Gasteiger charge is 2.11. The van der Waals surface area contributed by atoms with E-state index in [-0.39, 0.29) is 11.6 Å². The SMILES string of the molecule is C[C@@H](O)c1cc(F)ccc1OCc1ccc(Cl)c(F)c1. The van der Waals surface area contributed by atoms with Crippen LogP contribution >= 0.6 is 11.6 Å². The molecule has 0 amide bonds. The fraction of sp³-hybridized carbons (Fsp3) is 0.200. The van der Waals surface area contributed by atoms with Crippen molar-refractivity contribution >= 4 is 11.6 Å². The number of aliphatic hydroxyl groups is 1. The Morgan fingerprint density at radius 3 is 2.60 bits per heavy atom. The first-order valence-electron chi connectivity index (χ1n) is 6.01. The summed E-state index contributed by atoms with van der Waals surface area (Å²) in [5.41, 5.74) is 0.937. The minimum atomic E-state index is -0.859. The summed E-state index contributed by atoms with van der Waals surface area (Å²) in [6, 6.07) is 8.23. The van der Waals surface area contributed by atoms with E-state index < -0.39 is 17.7 Å². The number of halogens is 3. The number of hydrogen-bond donors (Lipinski definition) is 1. The molecule has 2 aromatic rings. The quantitative estimate of drug-likeness (QED) is 0.914. The maximum atomic E-state index is 13.3. The molecule has 0 heterocycles. The Bertz CT molecular complexity index is 615. The molecule has 2 rings (SSSR count). The molecule has 1 atom stereocenters. The molecule has 2 aromatic carbocycles. The van der Waals surface area contributed by atoms with Crippen LogP contribution in [0.3, 0.4) is 0 Å². The van der Waals surface area contributed by atoms with Crippen molar-refractivity contribution in [2.75, 3.05) is 0 Å². The highest BCUT2D eigenvalue weighted by atomic mass is 35.5. The molecule has 0 aliphatic carbocycles. The molecule has 0 radical (unpaired) electrons. The van der Waals surface area contributed by atoms with Crippen LogP contribution in [0.15, 0.2) is 36.4 Å². The van der Waals surface area contributed by atoms with E-state index in [9.17, 15) is 13.9 Å². The zero-order valence-corrected chi connectivity index (χ0v) is 11.5. The van der Waals surface area contributed by atoms with E-state index in [1.54, 1.807) is 6.07 Å². The highest BCUT2D eigenvalue weighted by molar-refractivity contribution is 6.30. The van der Waals surface area contributed by atoms with Gasteiger partial charge in [0.1, 0.15) is 24.0 Å². The zero-order chi connectivity index (χ0) is 14.7. The van der Waals surface area contributed by atoms with Crippen LogP contribution in [-0.2, 0) is 6.61 Å². The van der Waals surface area contributed by atoms with Crippen molar-refractivity contribution < 1.29 is 18.6 Å². The molecule has 5 heteroatoms. The third kappa shape index (κ3) is 3.46. The van der Waals surface area contributed by atoms with Crippen molar-refractivity contribution in [2.45, 2.75) is 19.6 Å². The van der Waals surface area contributed by atoms with Gasteiger partial charge in [-0.3, -0.25) is 0 Å². The van der Waals surface area contributed by atoms with Crippen molar-refractivity contribution in [2.24, 2.45) is 0 Å². The lowest BCUT2D eigenvalue weighted by Gasteiger charge is -2.13. The number of aliphatic hydroxyl groups excluding tert-OH is 1. The number of hydrogen-bond acceptors (Lipinski definition) is 2. The summed E-state index contributed by atoms with van der Waals surface area (Å²) in [5, 5.41) is 9.62. The van der Waals surface area contributed by atoms with Gasteiger partial charge in [0.25, 0.3) is 0 Å². The molecule has 0 saturated heterocycles. The van der Waals surface area contributed by atoms with Gasteiger partial charge >= 0.3 is 0 Å². The number of rotatable bonds is 4. The van der Waals surface area contributed by atoms with Gasteiger partial charge in [-0.1, -0.05) is 17.7 Å². The van der Waals surface area contributed by atoms with Crippen LogP contribution in [0, 0.1) is 11.6 Å². The van der Waals surface area contributed by atoms with E-state index >= 15 is 0 Å². The predicted molar refractivity (Wildman–Crippen MR) is 72.8 cm³/mol. The zero-order valence-electron chi connectivity index (χ0n) is 10.7. The summed E-state index contributed by atoms with van der Waals surface area (Å²) in [6.45, 7) is 1.61. The minimum Gasteiger partial charge on any atom is -0.489 e. The predicted octanol–water partition coefficient (Wildman–Crippen LogP) is 4.25. The summed E-state index contributed by atoms with van der Waals surface area (Å²) in [5.74, 6) is -0.620. The average Bonchev–Trinajstić information content (AvgIpc) is 2.41. The van der Waals surface area contributed by atoms with Crippen LogP contribution in [0.2, 0.25) is 5.02 Å². The largest absolute Gasteiger partial charge is 0.489 e. The Hall–Kier alpha value is -1.65. The van der Waals surface area contributed by atoms with Crippen molar-refractivity contribution in [3.8, 4) is 5.75 Å². The van der Waals surface area contributed by atoms with Crippen LogP contribution in [0.25, 0.3) is 0 Å². The molecule has 0 aliphatic rings. The Morgan fingerprint density at radius 2 is 1.95 bits per heavy atom. The second-order valence-electron chi connectivity index (χ2n) is 4.40. The standard InChI is InChI=1S/C15H13ClF2O2/c1-9(19)12-7-11(17)3-5-15(12)20-8-10-2-4-13(16)14(18)6-10/h2-7,9,19H,8H2,1H3/t9-/m1/s1. The van der Waals surface area contributed by atoms with Gasteiger partial charge < -0.3 is 9.84 Å². The summed E-state index contributed by atoms with van der Waals surface area (Å²) in [4.78, 5) is 0. The Balaban J connectivity index is 2.16. The minimum absolute atomic E-state index is 0.0419. The van der Waals surface area contributed by atoms with Crippen molar-refractivity contribution in [1.29, 1.82) is 0 Å². The fourth-order valence-corrected chi connectivity index (χ4v) is 1.89. The molecule has 0 aromatic heterocycles. The Morgan fingerprint density at radius 1 is 1.20 bits per heavy atom. The van der Waals surface area contributed by atoms with Gasteiger partial charge in [0.05, 0.1) is 11.1 Å². The topological polar surface area (TPSA) is 29.5 Å². The van der Waals surface area contributed by atoms with E-state index in [0.29, 0.717) is 16.9 Å². The van der Waals surface area contributed by atoms with E-state index in [1.807, 2.05) is 0 Å². The van der Waals surface area contributed by atoms with E-state index in [2.05, 4.69) is 0 Å². The third-order valence-corrected chi connectivity index (χ3v) is 3.11. The molecule has 0 aliphatic heterocycles. The molecule has 2 nitrogen and oxygen atoms in total. The smallest absolute Gasteiger partial charge is 0.142 e. The molecular weight excluding hydrogens is 286 g/mol. The first-order valence-corrected chi connectivity index (χ1v) is 6.39. The third-order valence-electron chi connectivity index (χ3n) is 2.80. The van der Waals surface area contributed by atoms with E-state index in [1.165, 1.54) is 37.3 Å². The normalized spacial score (nSPS) is 12.2. The van der Waals surface area contributed by atoms with Gasteiger partial charge in [-0.05, 0) is 42.8 Å². The monoisotopic (exact) mass is 298 g/mol. The van der Waals surface area contributed by atoms with Crippen LogP contribution in [0.1, 0.15) is 24.2 Å². The van der Waals surface area contributed by atoms with Crippen molar-refractivity contribution in [3.63, 3.8) is 0 Å². The van der Waals surface area contributed by atoms with Crippen LogP contribution < -0.4 is 4.74 Å². The second kappa shape index (κ2) is 6.20. The molecule has 1 N–H and O–H groups in total. The lowest BCUT2D eigenvalue weighted by atomic mass is 10.1. The average molecular weight is 299 g/mol. The number of benzene rings is 2. The van der Waals surface area contributed by atoms with Gasteiger partial charge in [-0.25, -0.2) is 8.78 Å². The molecule has 0 unspecified atom stereocenters. The van der Waals surface area contributed by atoms with Crippen LogP contribution in [0.4, 0.5) is 8.78 Å². The lowest BCUT2D eigenvalue weighted by molar-refractivity contribution is 0.189. The van der Waals surface area contributed by atoms with E-state index in [4.69, 9.17) is 16.3 Å². The Labute approximate surface area is 120 Å². The molecule has 20 heavy (non-hydrogen) atoms. The van der Waals surface area contributed by atoms with Gasteiger partial charge in [0, 0.05) is 5.56 Å². The van der Waals surface area contributed by atoms with Gasteiger partial charge in [-0.2, -0.15) is 0 Å². The molecule has 0 saturated carbocycles. The first kappa shape index (κ1) is 14.8. The summed E-state index contributed by atoms with van der Waals surface area (Å²) < 4.78 is 31.9. The lowest BCUT2D eigenvalue weighted by Crippen LogP contribution is -2.02. The van der Waals surface area contributed by atoms with Crippen LogP contribution in [0.5, 0.6) is 5.75 Å². The maximum absolute atomic E-state index is 13.3.